The number of alkyl halides is 3. The number of anilines is 1. The van der Waals surface area contributed by atoms with Gasteiger partial charge in [0.2, 0.25) is 0 Å². The van der Waals surface area contributed by atoms with Crippen LogP contribution in [-0.4, -0.2) is 41.9 Å². The Hall–Kier alpha value is -4.42. The first-order valence-corrected chi connectivity index (χ1v) is 12.1. The molecule has 0 saturated carbocycles. The minimum atomic E-state index is -4.94. The Morgan fingerprint density at radius 1 is 1.02 bits per heavy atom. The van der Waals surface area contributed by atoms with Crippen LogP contribution in [0.25, 0.3) is 0 Å². The molecule has 2 heterocycles. The number of rotatable bonds is 7. The van der Waals surface area contributed by atoms with E-state index in [1.807, 2.05) is 0 Å². The molecule has 1 aliphatic heterocycles. The highest BCUT2D eigenvalue weighted by Crippen LogP contribution is 2.40. The van der Waals surface area contributed by atoms with Crippen LogP contribution in [0.3, 0.4) is 0 Å². The van der Waals surface area contributed by atoms with Gasteiger partial charge in [-0.25, -0.2) is 8.78 Å². The van der Waals surface area contributed by atoms with Crippen LogP contribution in [-0.2, 0) is 11.3 Å². The average molecular weight is 565 g/mol. The molecule has 1 saturated heterocycles. The Bertz CT molecular complexity index is 1470. The van der Waals surface area contributed by atoms with Gasteiger partial charge < -0.3 is 24.3 Å². The number of aryl methyl sites for hydroxylation is 1. The van der Waals surface area contributed by atoms with Crippen molar-refractivity contribution in [3.63, 3.8) is 0 Å². The predicted octanol–water partition coefficient (Wildman–Crippen LogP) is 4.37. The first-order chi connectivity index (χ1) is 18.9. The van der Waals surface area contributed by atoms with Crippen LogP contribution in [0.4, 0.5) is 27.6 Å². The Labute approximate surface area is 224 Å². The predicted molar refractivity (Wildman–Crippen MR) is 133 cm³/mol. The maximum absolute atomic E-state index is 15.3. The quantitative estimate of drug-likeness (QED) is 0.430. The Kier molecular flexibility index (Phi) is 7.85. The largest absolute Gasteiger partial charge is 0.573 e. The molecule has 8 nitrogen and oxygen atoms in total. The summed E-state index contributed by atoms with van der Waals surface area (Å²) < 4.78 is 78.0. The van der Waals surface area contributed by atoms with Crippen LogP contribution in [0.15, 0.2) is 59.5 Å². The molecule has 0 spiro atoms. The first kappa shape index (κ1) is 28.6. The van der Waals surface area contributed by atoms with E-state index in [1.54, 1.807) is 13.0 Å². The Morgan fingerprint density at radius 2 is 1.65 bits per heavy atom. The highest BCUT2D eigenvalue weighted by molar-refractivity contribution is 6.05. The maximum atomic E-state index is 15.3. The van der Waals surface area contributed by atoms with Gasteiger partial charge in [0.05, 0.1) is 7.11 Å². The summed E-state index contributed by atoms with van der Waals surface area (Å²) in [5.74, 6) is -5.75. The van der Waals surface area contributed by atoms with Crippen molar-refractivity contribution in [1.82, 2.24) is 9.88 Å². The number of pyridine rings is 1. The van der Waals surface area contributed by atoms with E-state index in [0.717, 1.165) is 41.3 Å². The lowest BCUT2D eigenvalue weighted by molar-refractivity contribution is -0.274. The number of hydrogen-bond acceptors (Lipinski definition) is 5. The fraction of sp³-hybridized carbons (Fsp3) is 0.296. The van der Waals surface area contributed by atoms with Crippen molar-refractivity contribution in [3.05, 3.63) is 87.8 Å². The molecule has 0 bridgehead atoms. The van der Waals surface area contributed by atoms with Crippen molar-refractivity contribution in [3.8, 4) is 11.5 Å². The summed E-state index contributed by atoms with van der Waals surface area (Å²) in [6, 6.07) is 6.15. The molecular weight excluding hydrogens is 541 g/mol. The van der Waals surface area contributed by atoms with Crippen molar-refractivity contribution in [2.24, 2.45) is 0 Å². The molecule has 1 unspecified atom stereocenters. The molecule has 1 N–H and O–H groups in total. The van der Waals surface area contributed by atoms with Crippen molar-refractivity contribution in [2.45, 2.75) is 44.8 Å². The first-order valence-electron chi connectivity index (χ1n) is 12.1. The minimum absolute atomic E-state index is 0.0495. The van der Waals surface area contributed by atoms with Crippen molar-refractivity contribution >= 4 is 17.5 Å². The van der Waals surface area contributed by atoms with E-state index < -0.39 is 64.7 Å². The van der Waals surface area contributed by atoms with Gasteiger partial charge in [0.15, 0.2) is 0 Å². The number of carbonyl (C=O) groups excluding carboxylic acids is 2. The topological polar surface area (TPSA) is 89.9 Å². The molecule has 2 aromatic carbocycles. The van der Waals surface area contributed by atoms with E-state index in [-0.39, 0.29) is 17.0 Å². The van der Waals surface area contributed by atoms with Crippen LogP contribution in [0.5, 0.6) is 11.5 Å². The molecule has 1 aromatic heterocycles. The lowest BCUT2D eigenvalue weighted by Gasteiger charge is -2.25. The second kappa shape index (κ2) is 11.0. The maximum Gasteiger partial charge on any atom is 0.573 e. The molecule has 13 heteroatoms. The molecule has 1 fully saturated rings. The van der Waals surface area contributed by atoms with Crippen molar-refractivity contribution in [1.29, 1.82) is 0 Å². The lowest BCUT2D eigenvalue weighted by Crippen LogP contribution is -2.44. The fourth-order valence-corrected chi connectivity index (χ4v) is 4.83. The van der Waals surface area contributed by atoms with E-state index in [1.165, 1.54) is 30.9 Å². The molecule has 0 aliphatic carbocycles. The second-order valence-corrected chi connectivity index (χ2v) is 8.99. The number of nitrogens with zero attached hydrogens (tertiary/aromatic N) is 2. The van der Waals surface area contributed by atoms with Gasteiger partial charge in [0, 0.05) is 48.0 Å². The van der Waals surface area contributed by atoms with Crippen LogP contribution in [0.1, 0.15) is 35.7 Å². The minimum Gasteiger partial charge on any atom is -0.497 e. The van der Waals surface area contributed by atoms with E-state index in [9.17, 15) is 27.6 Å². The third-order valence-corrected chi connectivity index (χ3v) is 6.65. The third-order valence-electron chi connectivity index (χ3n) is 6.65. The highest BCUT2D eigenvalue weighted by atomic mass is 19.4. The summed E-state index contributed by atoms with van der Waals surface area (Å²) in [4.78, 5) is 40.9. The molecule has 212 valence electrons. The summed E-state index contributed by atoms with van der Waals surface area (Å²) in [6.45, 7) is 3.51. The lowest BCUT2D eigenvalue weighted by atomic mass is 9.87. The smallest absolute Gasteiger partial charge is 0.497 e. The number of carbonyl (C=O) groups is 2. The van der Waals surface area contributed by atoms with Crippen molar-refractivity contribution in [2.75, 3.05) is 12.0 Å². The summed E-state index contributed by atoms with van der Waals surface area (Å²) in [6.07, 6.45) is -3.42. The standard InChI is InChI=1S/C27H24F5N3O5/c1-4-34-11-5-6-20(25(34)37)35-14(2)21(22-18(28)12-17(39-3)13-19(22)29)23(26(35)38)33-24(36)15-7-9-16(10-8-15)40-27(30,31)32/h5-14,21,23H,4H2,1-3H3,(H,33,36)/t14-,21-,23?/m0/s1. The van der Waals surface area contributed by atoms with Gasteiger partial charge in [-0.15, -0.1) is 13.2 Å². The summed E-state index contributed by atoms with van der Waals surface area (Å²) in [7, 11) is 1.22. The molecule has 3 atom stereocenters. The summed E-state index contributed by atoms with van der Waals surface area (Å²) in [5.41, 5.74) is -1.22. The molecule has 3 aromatic rings. The van der Waals surface area contributed by atoms with Gasteiger partial charge in [-0.1, -0.05) is 0 Å². The zero-order chi connectivity index (χ0) is 29.4. The molecule has 40 heavy (non-hydrogen) atoms. The molecular formula is C27H24F5N3O5. The Balaban J connectivity index is 1.76. The number of halogens is 5. The monoisotopic (exact) mass is 565 g/mol. The molecule has 2 amide bonds. The number of ether oxygens (including phenoxy) is 2. The van der Waals surface area contributed by atoms with Gasteiger partial charge in [0.1, 0.15) is 34.9 Å². The summed E-state index contributed by atoms with van der Waals surface area (Å²) in [5, 5.41) is 2.46. The van der Waals surface area contributed by atoms with Crippen LogP contribution < -0.4 is 25.2 Å². The normalized spacial score (nSPS) is 19.1. The fourth-order valence-electron chi connectivity index (χ4n) is 4.83. The zero-order valence-corrected chi connectivity index (χ0v) is 21.5. The van der Waals surface area contributed by atoms with Gasteiger partial charge in [-0.2, -0.15) is 0 Å². The van der Waals surface area contributed by atoms with E-state index in [2.05, 4.69) is 10.1 Å². The van der Waals surface area contributed by atoms with Crippen molar-refractivity contribution < 1.29 is 41.0 Å². The summed E-state index contributed by atoms with van der Waals surface area (Å²) >= 11 is 0. The van der Waals surface area contributed by atoms with Crippen LogP contribution in [0.2, 0.25) is 0 Å². The van der Waals surface area contributed by atoms with Crippen LogP contribution >= 0.6 is 0 Å². The van der Waals surface area contributed by atoms with Gasteiger partial charge in [-0.3, -0.25) is 14.4 Å². The van der Waals surface area contributed by atoms with Gasteiger partial charge >= 0.3 is 6.36 Å². The third kappa shape index (κ3) is 5.49. The average Bonchev–Trinajstić information content (AvgIpc) is 3.12. The number of amides is 2. The molecule has 0 radical (unpaired) electrons. The number of hydrogen-bond donors (Lipinski definition) is 1. The van der Waals surface area contributed by atoms with E-state index >= 15 is 8.78 Å². The number of benzene rings is 2. The number of nitrogens with one attached hydrogen (secondary N) is 1. The van der Waals surface area contributed by atoms with E-state index in [0.29, 0.717) is 6.54 Å². The van der Waals surface area contributed by atoms with E-state index in [4.69, 9.17) is 4.74 Å². The Morgan fingerprint density at radius 3 is 2.20 bits per heavy atom. The second-order valence-electron chi connectivity index (χ2n) is 8.99. The van der Waals surface area contributed by atoms with Crippen LogP contribution in [0, 0.1) is 11.6 Å². The van der Waals surface area contributed by atoms with Gasteiger partial charge in [0.25, 0.3) is 17.4 Å². The number of aromatic nitrogens is 1. The SMILES string of the molecule is CCn1cccc(N2C(=O)C(NC(=O)c3ccc(OC(F)(F)F)cc3)[C@H](c3c(F)cc(OC)cc3F)[C@@H]2C)c1=O. The molecule has 1 aliphatic rings. The number of methoxy groups -OCH3 is 1. The van der Waals surface area contributed by atoms with Gasteiger partial charge in [-0.05, 0) is 50.2 Å². The highest BCUT2D eigenvalue weighted by Gasteiger charge is 2.50. The zero-order valence-electron chi connectivity index (χ0n) is 21.5. The molecule has 4 rings (SSSR count).